The Bertz CT molecular complexity index is 464. The molecule has 0 atom stereocenters. The van der Waals surface area contributed by atoms with Gasteiger partial charge < -0.3 is 14.8 Å². The van der Waals surface area contributed by atoms with Crippen LogP contribution in [0.5, 0.6) is 11.5 Å². The lowest BCUT2D eigenvalue weighted by Gasteiger charge is -2.11. The molecule has 3 nitrogen and oxygen atoms in total. The van der Waals surface area contributed by atoms with Crippen molar-refractivity contribution in [3.63, 3.8) is 0 Å². The Morgan fingerprint density at radius 3 is 2.70 bits per heavy atom. The third kappa shape index (κ3) is 4.27. The highest BCUT2D eigenvalue weighted by Gasteiger charge is 2.20. The molecule has 1 aromatic rings. The standard InChI is InChI=1S/C17H25NO2/c1-4-13(12-18-15-7-8-15)10-14-6-9-16(20-5-2)17(11-14)19-3/h6,9-11,15,18H,4-5,7-8,12H2,1-3H3. The van der Waals surface area contributed by atoms with E-state index in [4.69, 9.17) is 9.47 Å². The first-order valence-electron chi connectivity index (χ1n) is 7.50. The minimum absolute atomic E-state index is 0.650. The highest BCUT2D eigenvalue weighted by Crippen LogP contribution is 2.29. The Kier molecular flexibility index (Phi) is 5.48. The second kappa shape index (κ2) is 7.34. The van der Waals surface area contributed by atoms with Crippen molar-refractivity contribution in [1.82, 2.24) is 5.32 Å². The third-order valence-corrected chi connectivity index (χ3v) is 3.51. The van der Waals surface area contributed by atoms with Gasteiger partial charge in [0.1, 0.15) is 0 Å². The van der Waals surface area contributed by atoms with E-state index in [0.29, 0.717) is 6.61 Å². The van der Waals surface area contributed by atoms with Crippen molar-refractivity contribution in [1.29, 1.82) is 0 Å². The molecule has 1 N–H and O–H groups in total. The van der Waals surface area contributed by atoms with Gasteiger partial charge in [0.25, 0.3) is 0 Å². The first kappa shape index (κ1) is 14.9. The van der Waals surface area contributed by atoms with E-state index in [-0.39, 0.29) is 0 Å². The first-order valence-corrected chi connectivity index (χ1v) is 7.50. The van der Waals surface area contributed by atoms with Crippen molar-refractivity contribution in [2.45, 2.75) is 39.2 Å². The Morgan fingerprint density at radius 2 is 2.10 bits per heavy atom. The van der Waals surface area contributed by atoms with Crippen LogP contribution in [0.1, 0.15) is 38.7 Å². The summed E-state index contributed by atoms with van der Waals surface area (Å²) in [7, 11) is 1.68. The maximum atomic E-state index is 5.54. The number of hydrogen-bond acceptors (Lipinski definition) is 3. The zero-order chi connectivity index (χ0) is 14.4. The summed E-state index contributed by atoms with van der Waals surface area (Å²) in [4.78, 5) is 0. The van der Waals surface area contributed by atoms with E-state index in [1.807, 2.05) is 19.1 Å². The van der Waals surface area contributed by atoms with E-state index >= 15 is 0 Å². The second-order valence-electron chi connectivity index (χ2n) is 5.15. The fraction of sp³-hybridized carbons (Fsp3) is 0.529. The van der Waals surface area contributed by atoms with Gasteiger partial charge in [0.15, 0.2) is 11.5 Å². The molecule has 1 saturated carbocycles. The zero-order valence-electron chi connectivity index (χ0n) is 12.7. The van der Waals surface area contributed by atoms with Crippen LogP contribution in [-0.4, -0.2) is 26.3 Å². The van der Waals surface area contributed by atoms with Crippen LogP contribution in [0.25, 0.3) is 6.08 Å². The minimum Gasteiger partial charge on any atom is -0.493 e. The van der Waals surface area contributed by atoms with Gasteiger partial charge in [-0.1, -0.05) is 24.6 Å². The number of hydrogen-bond donors (Lipinski definition) is 1. The maximum absolute atomic E-state index is 5.54. The zero-order valence-corrected chi connectivity index (χ0v) is 12.7. The summed E-state index contributed by atoms with van der Waals surface area (Å²) in [6, 6.07) is 6.85. The van der Waals surface area contributed by atoms with Crippen LogP contribution in [0.4, 0.5) is 0 Å². The van der Waals surface area contributed by atoms with Crippen LogP contribution >= 0.6 is 0 Å². The predicted molar refractivity (Wildman–Crippen MR) is 83.5 cm³/mol. The Hall–Kier alpha value is -1.48. The number of ether oxygens (including phenoxy) is 2. The molecule has 3 heteroatoms. The topological polar surface area (TPSA) is 30.5 Å². The van der Waals surface area contributed by atoms with Gasteiger partial charge in [-0.15, -0.1) is 0 Å². The molecule has 0 radical (unpaired) electrons. The summed E-state index contributed by atoms with van der Waals surface area (Å²) in [5.41, 5.74) is 2.59. The summed E-state index contributed by atoms with van der Waals surface area (Å²) in [6.45, 7) is 5.81. The number of benzene rings is 1. The Balaban J connectivity index is 2.08. The largest absolute Gasteiger partial charge is 0.493 e. The van der Waals surface area contributed by atoms with Gasteiger partial charge in [-0.3, -0.25) is 0 Å². The average Bonchev–Trinajstić information content (AvgIpc) is 3.29. The van der Waals surface area contributed by atoms with Crippen molar-refractivity contribution < 1.29 is 9.47 Å². The van der Waals surface area contributed by atoms with Gasteiger partial charge in [0, 0.05) is 12.6 Å². The summed E-state index contributed by atoms with van der Waals surface area (Å²) < 4.78 is 10.9. The molecular weight excluding hydrogens is 250 g/mol. The fourth-order valence-electron chi connectivity index (χ4n) is 2.13. The van der Waals surface area contributed by atoms with Gasteiger partial charge in [-0.25, -0.2) is 0 Å². The highest BCUT2D eigenvalue weighted by molar-refractivity contribution is 5.58. The highest BCUT2D eigenvalue weighted by atomic mass is 16.5. The molecular formula is C17H25NO2. The lowest BCUT2D eigenvalue weighted by Crippen LogP contribution is -2.18. The van der Waals surface area contributed by atoms with E-state index in [1.54, 1.807) is 7.11 Å². The molecule has 0 spiro atoms. The molecule has 0 unspecified atom stereocenters. The van der Waals surface area contributed by atoms with Gasteiger partial charge in [-0.05, 0) is 43.9 Å². The molecule has 1 aliphatic carbocycles. The van der Waals surface area contributed by atoms with Crippen molar-refractivity contribution in [3.05, 3.63) is 29.3 Å². The molecule has 2 rings (SSSR count). The lowest BCUT2D eigenvalue weighted by molar-refractivity contribution is 0.311. The van der Waals surface area contributed by atoms with Crippen LogP contribution in [0, 0.1) is 0 Å². The van der Waals surface area contributed by atoms with Gasteiger partial charge >= 0.3 is 0 Å². The van der Waals surface area contributed by atoms with Gasteiger partial charge in [0.05, 0.1) is 13.7 Å². The van der Waals surface area contributed by atoms with E-state index in [9.17, 15) is 0 Å². The summed E-state index contributed by atoms with van der Waals surface area (Å²) in [6.07, 6.45) is 5.96. The SMILES string of the molecule is CCOc1ccc(C=C(CC)CNC2CC2)cc1OC. The molecule has 0 saturated heterocycles. The molecule has 0 heterocycles. The molecule has 110 valence electrons. The summed E-state index contributed by atoms with van der Waals surface area (Å²) in [5, 5.41) is 3.56. The lowest BCUT2D eigenvalue weighted by atomic mass is 10.1. The molecule has 0 bridgehead atoms. The molecule has 0 amide bonds. The van der Waals surface area contributed by atoms with Crippen LogP contribution in [0.15, 0.2) is 23.8 Å². The van der Waals surface area contributed by atoms with Crippen molar-refractivity contribution >= 4 is 6.08 Å². The number of methoxy groups -OCH3 is 1. The molecule has 0 aromatic heterocycles. The van der Waals surface area contributed by atoms with Crippen molar-refractivity contribution in [3.8, 4) is 11.5 Å². The maximum Gasteiger partial charge on any atom is 0.161 e. The van der Waals surface area contributed by atoms with E-state index in [1.165, 1.54) is 24.0 Å². The van der Waals surface area contributed by atoms with Crippen molar-refractivity contribution in [2.75, 3.05) is 20.3 Å². The van der Waals surface area contributed by atoms with Crippen LogP contribution in [0.3, 0.4) is 0 Å². The predicted octanol–water partition coefficient (Wildman–Crippen LogP) is 3.64. The fourth-order valence-corrected chi connectivity index (χ4v) is 2.13. The summed E-state index contributed by atoms with van der Waals surface area (Å²) >= 11 is 0. The minimum atomic E-state index is 0.650. The van der Waals surface area contributed by atoms with Gasteiger partial charge in [0.2, 0.25) is 0 Å². The third-order valence-electron chi connectivity index (χ3n) is 3.51. The molecule has 0 aliphatic heterocycles. The van der Waals surface area contributed by atoms with Crippen molar-refractivity contribution in [2.24, 2.45) is 0 Å². The number of nitrogens with one attached hydrogen (secondary N) is 1. The smallest absolute Gasteiger partial charge is 0.161 e. The average molecular weight is 275 g/mol. The van der Waals surface area contributed by atoms with E-state index < -0.39 is 0 Å². The molecule has 20 heavy (non-hydrogen) atoms. The molecule has 1 aromatic carbocycles. The van der Waals surface area contributed by atoms with E-state index in [0.717, 1.165) is 30.5 Å². The van der Waals surface area contributed by atoms with Crippen LogP contribution < -0.4 is 14.8 Å². The van der Waals surface area contributed by atoms with E-state index in [2.05, 4.69) is 24.4 Å². The van der Waals surface area contributed by atoms with Gasteiger partial charge in [-0.2, -0.15) is 0 Å². The second-order valence-corrected chi connectivity index (χ2v) is 5.15. The van der Waals surface area contributed by atoms with Crippen LogP contribution in [-0.2, 0) is 0 Å². The Morgan fingerprint density at radius 1 is 1.30 bits per heavy atom. The number of rotatable bonds is 8. The Labute approximate surface area is 122 Å². The quantitative estimate of drug-likeness (QED) is 0.785. The van der Waals surface area contributed by atoms with Crippen LogP contribution in [0.2, 0.25) is 0 Å². The normalized spacial score (nSPS) is 15.2. The summed E-state index contributed by atoms with van der Waals surface area (Å²) in [5.74, 6) is 1.60. The molecule has 1 fully saturated rings. The molecule has 1 aliphatic rings. The monoisotopic (exact) mass is 275 g/mol. The first-order chi connectivity index (χ1) is 9.76.